The molecule has 3 saturated heterocycles. The van der Waals surface area contributed by atoms with E-state index in [1.165, 1.54) is 12.3 Å². The smallest absolute Gasteiger partial charge is 0.400 e. The molecule has 16 heteroatoms. The van der Waals surface area contributed by atoms with Crippen LogP contribution in [0.3, 0.4) is 0 Å². The number of carbonyl (C=O) groups excluding carboxylic acids is 2. The minimum absolute atomic E-state index is 0.0433. The van der Waals surface area contributed by atoms with Gasteiger partial charge in [-0.15, -0.1) is 0 Å². The Morgan fingerprint density at radius 3 is 2.47 bits per heavy atom. The van der Waals surface area contributed by atoms with Crippen LogP contribution in [0.25, 0.3) is 11.0 Å². The van der Waals surface area contributed by atoms with Crippen LogP contribution >= 0.6 is 11.6 Å². The van der Waals surface area contributed by atoms with Gasteiger partial charge >= 0.3 is 16.4 Å². The van der Waals surface area contributed by atoms with E-state index < -0.39 is 40.3 Å². The quantitative estimate of drug-likeness (QED) is 0.329. The summed E-state index contributed by atoms with van der Waals surface area (Å²) in [7, 11) is -4.01. The standard InChI is InChI=1S/C33H35ClFN3O10S/c34-25-9-19(26(35)12-27(25)36-32(40)24-17-46-28-4-2-1-3-23(24)28)10-31(39)38-13-20(37-14-29-30(15-37)48-49(43,44)47-29)11-21(38)16-45-22-7-5-18(6-8-22)33(41)42/h1-4,9,12,17-18,20-22,29-30H,5-8,10-11,13-16H2,(H,36,40)(H,41,42)/t18?,20-,21-,22?,29-,30+/m0/s1. The molecular formula is C33H35ClFN3O10S. The van der Waals surface area contributed by atoms with Crippen molar-refractivity contribution in [2.45, 2.75) is 68.9 Å². The summed E-state index contributed by atoms with van der Waals surface area (Å²) < 4.78 is 60.7. The number of nitrogens with one attached hydrogen (secondary N) is 1. The molecule has 0 unspecified atom stereocenters. The van der Waals surface area contributed by atoms with E-state index in [1.54, 1.807) is 29.2 Å². The Morgan fingerprint density at radius 1 is 1.04 bits per heavy atom. The summed E-state index contributed by atoms with van der Waals surface area (Å²) in [4.78, 5) is 41.9. The van der Waals surface area contributed by atoms with E-state index in [9.17, 15) is 27.9 Å². The van der Waals surface area contributed by atoms with Crippen LogP contribution in [0.15, 0.2) is 47.1 Å². The van der Waals surface area contributed by atoms with Crippen LogP contribution < -0.4 is 5.32 Å². The number of carboxylic acids is 1. The van der Waals surface area contributed by atoms with Crippen molar-refractivity contribution in [2.24, 2.45) is 5.92 Å². The molecule has 1 aliphatic carbocycles. The lowest BCUT2D eigenvalue weighted by Gasteiger charge is -2.30. The molecule has 4 atom stereocenters. The Morgan fingerprint density at radius 2 is 1.76 bits per heavy atom. The number of carbonyl (C=O) groups is 3. The maximum atomic E-state index is 15.5. The van der Waals surface area contributed by atoms with E-state index in [0.29, 0.717) is 62.7 Å². The Labute approximate surface area is 286 Å². The van der Waals surface area contributed by atoms with Gasteiger partial charge in [0.05, 0.1) is 47.4 Å². The molecule has 1 saturated carbocycles. The molecule has 0 bridgehead atoms. The van der Waals surface area contributed by atoms with Crippen molar-refractivity contribution < 1.29 is 49.8 Å². The first-order valence-electron chi connectivity index (χ1n) is 16.2. The second-order valence-corrected chi connectivity index (χ2v) is 14.7. The average Bonchev–Trinajstić information content (AvgIpc) is 3.83. The summed E-state index contributed by atoms with van der Waals surface area (Å²) in [6.45, 7) is 1.14. The van der Waals surface area contributed by atoms with Gasteiger partial charge in [-0.25, -0.2) is 12.8 Å². The molecule has 3 aliphatic heterocycles. The number of carboxylic acid groups (broad SMARTS) is 1. The van der Waals surface area contributed by atoms with Gasteiger partial charge in [0.2, 0.25) is 5.91 Å². The van der Waals surface area contributed by atoms with Gasteiger partial charge in [0.1, 0.15) is 29.9 Å². The number of para-hydroxylation sites is 1. The SMILES string of the molecule is O=C(Nc1cc(F)c(CC(=O)N2C[C@@H](N3C[C@@H]4OS(=O)(=O)O[C@@H]4C3)C[C@H]2COC2CCC(C(=O)O)CC2)cc1Cl)c1coc2ccccc12. The van der Waals surface area contributed by atoms with E-state index in [4.69, 9.17) is 29.1 Å². The fourth-order valence-corrected chi connectivity index (χ4v) is 8.60. The number of ether oxygens (including phenoxy) is 1. The Balaban J connectivity index is 1.03. The number of rotatable bonds is 9. The molecule has 2 aromatic carbocycles. The number of anilines is 1. The molecule has 4 aliphatic rings. The van der Waals surface area contributed by atoms with Crippen LogP contribution in [0.4, 0.5) is 10.1 Å². The van der Waals surface area contributed by atoms with E-state index >= 15 is 4.39 Å². The minimum atomic E-state index is -4.01. The van der Waals surface area contributed by atoms with E-state index in [0.717, 1.165) is 6.07 Å². The number of likely N-dealkylation sites (tertiary alicyclic amines) is 2. The first kappa shape index (κ1) is 33.9. The lowest BCUT2D eigenvalue weighted by molar-refractivity contribution is -0.144. The topological polar surface area (TPSA) is 165 Å². The zero-order valence-corrected chi connectivity index (χ0v) is 27.8. The van der Waals surface area contributed by atoms with Gasteiger partial charge in [0.15, 0.2) is 0 Å². The number of amides is 2. The first-order valence-corrected chi connectivity index (χ1v) is 17.9. The Bertz CT molecular complexity index is 1860. The predicted molar refractivity (Wildman–Crippen MR) is 173 cm³/mol. The summed E-state index contributed by atoms with van der Waals surface area (Å²) in [5, 5.41) is 12.6. The highest BCUT2D eigenvalue weighted by atomic mass is 35.5. The largest absolute Gasteiger partial charge is 0.481 e. The zero-order chi connectivity index (χ0) is 34.4. The number of furan rings is 1. The van der Waals surface area contributed by atoms with E-state index in [2.05, 4.69) is 5.32 Å². The number of benzene rings is 2. The van der Waals surface area contributed by atoms with Crippen molar-refractivity contribution in [3.05, 3.63) is 64.6 Å². The van der Waals surface area contributed by atoms with Gasteiger partial charge in [-0.3, -0.25) is 19.3 Å². The van der Waals surface area contributed by atoms with Gasteiger partial charge in [0, 0.05) is 31.1 Å². The molecule has 4 fully saturated rings. The Kier molecular flexibility index (Phi) is 9.41. The summed E-state index contributed by atoms with van der Waals surface area (Å²) in [6, 6.07) is 8.91. The average molecular weight is 720 g/mol. The number of halogens is 2. The Hall–Kier alpha value is -3.60. The summed E-state index contributed by atoms with van der Waals surface area (Å²) in [5.41, 5.74) is 0.889. The molecule has 0 spiro atoms. The summed E-state index contributed by atoms with van der Waals surface area (Å²) >= 11 is 6.48. The van der Waals surface area contributed by atoms with Crippen LogP contribution in [0.2, 0.25) is 5.02 Å². The van der Waals surface area contributed by atoms with Crippen LogP contribution in [0.1, 0.15) is 48.0 Å². The third-order valence-corrected chi connectivity index (χ3v) is 11.2. The van der Waals surface area contributed by atoms with Crippen LogP contribution in [0.5, 0.6) is 0 Å². The van der Waals surface area contributed by atoms with Crippen molar-refractivity contribution in [3.63, 3.8) is 0 Å². The number of hydrogen-bond donors (Lipinski definition) is 2. The molecule has 2 N–H and O–H groups in total. The third kappa shape index (κ3) is 7.19. The molecule has 7 rings (SSSR count). The van der Waals surface area contributed by atoms with Crippen molar-refractivity contribution in [3.8, 4) is 0 Å². The highest BCUT2D eigenvalue weighted by Crippen LogP contribution is 2.34. The molecule has 49 heavy (non-hydrogen) atoms. The van der Waals surface area contributed by atoms with Gasteiger partial charge < -0.3 is 24.5 Å². The molecule has 1 aromatic heterocycles. The summed E-state index contributed by atoms with van der Waals surface area (Å²) in [6.07, 6.45) is 2.39. The molecular weight excluding hydrogens is 685 g/mol. The van der Waals surface area contributed by atoms with Crippen molar-refractivity contribution >= 4 is 56.4 Å². The van der Waals surface area contributed by atoms with Crippen molar-refractivity contribution in [2.75, 3.05) is 31.6 Å². The maximum absolute atomic E-state index is 15.5. The lowest BCUT2D eigenvalue weighted by atomic mass is 9.87. The fraction of sp³-hybridized carbons (Fsp3) is 0.485. The highest BCUT2D eigenvalue weighted by molar-refractivity contribution is 7.82. The van der Waals surface area contributed by atoms with Crippen molar-refractivity contribution in [1.29, 1.82) is 0 Å². The second-order valence-electron chi connectivity index (χ2n) is 13.1. The molecule has 0 radical (unpaired) electrons. The predicted octanol–water partition coefficient (Wildman–Crippen LogP) is 3.99. The maximum Gasteiger partial charge on any atom is 0.400 e. The molecule has 3 aromatic rings. The van der Waals surface area contributed by atoms with Gasteiger partial charge in [-0.1, -0.05) is 29.8 Å². The minimum Gasteiger partial charge on any atom is -0.481 e. The van der Waals surface area contributed by atoms with Crippen LogP contribution in [0, 0.1) is 11.7 Å². The number of nitrogens with zero attached hydrogens (tertiary/aromatic N) is 2. The molecule has 262 valence electrons. The number of hydrogen-bond acceptors (Lipinski definition) is 10. The molecule has 13 nitrogen and oxygen atoms in total. The fourth-order valence-electron chi connectivity index (χ4n) is 7.35. The second kappa shape index (κ2) is 13.6. The number of aliphatic carboxylic acids is 1. The highest BCUT2D eigenvalue weighted by Gasteiger charge is 2.50. The molecule has 2 amide bonds. The van der Waals surface area contributed by atoms with Crippen LogP contribution in [-0.2, 0) is 39.5 Å². The third-order valence-electron chi connectivity index (χ3n) is 9.95. The van der Waals surface area contributed by atoms with Gasteiger partial charge in [-0.2, -0.15) is 8.42 Å². The van der Waals surface area contributed by atoms with Crippen LogP contribution in [-0.4, -0.2) is 97.7 Å². The lowest BCUT2D eigenvalue weighted by Crippen LogP contribution is -2.42. The molecule has 4 heterocycles. The van der Waals surface area contributed by atoms with E-state index in [1.807, 2.05) is 4.90 Å². The van der Waals surface area contributed by atoms with Gasteiger partial charge in [-0.05, 0) is 55.9 Å². The van der Waals surface area contributed by atoms with Gasteiger partial charge in [0.25, 0.3) is 5.91 Å². The zero-order valence-electron chi connectivity index (χ0n) is 26.3. The monoisotopic (exact) mass is 719 g/mol. The van der Waals surface area contributed by atoms with E-state index in [-0.39, 0.29) is 64.9 Å². The van der Waals surface area contributed by atoms with Crippen molar-refractivity contribution in [1.82, 2.24) is 9.80 Å². The first-order chi connectivity index (χ1) is 23.4. The normalized spacial score (nSPS) is 28.2. The number of fused-ring (bicyclic) bond motifs is 2. The summed E-state index contributed by atoms with van der Waals surface area (Å²) in [5.74, 6) is -2.79.